The fourth-order valence-electron chi connectivity index (χ4n) is 0.217. The van der Waals surface area contributed by atoms with Crippen molar-refractivity contribution in [1.82, 2.24) is 0 Å². The zero-order valence-electron chi connectivity index (χ0n) is 4.60. The Morgan fingerprint density at radius 1 is 1.50 bits per heavy atom. The molecule has 0 saturated heterocycles. The molecule has 0 aliphatic carbocycles. The Morgan fingerprint density at radius 3 is 2.30 bits per heavy atom. The van der Waals surface area contributed by atoms with Crippen LogP contribution in [0.25, 0.3) is 0 Å². The maximum atomic E-state index is 9.99. The van der Waals surface area contributed by atoms with Crippen molar-refractivity contribution in [1.29, 1.82) is 0 Å². The van der Waals surface area contributed by atoms with Gasteiger partial charge in [0, 0.05) is 6.08 Å². The van der Waals surface area contributed by atoms with Crippen LogP contribution >= 0.6 is 23.2 Å². The first-order chi connectivity index (χ1) is 4.59. The summed E-state index contributed by atoms with van der Waals surface area (Å²) in [5.74, 6) is -0.0860. The molecule has 0 saturated carbocycles. The Kier molecular flexibility index (Phi) is 3.81. The van der Waals surface area contributed by atoms with E-state index in [0.717, 1.165) is 6.08 Å². The number of hydrogen-bond donors (Lipinski definition) is 1. The highest BCUT2D eigenvalue weighted by Crippen LogP contribution is 2.13. The Bertz CT molecular complexity index is 215. The zero-order chi connectivity index (χ0) is 8.15. The van der Waals surface area contributed by atoms with Gasteiger partial charge in [-0.2, -0.15) is 0 Å². The minimum Gasteiger partial charge on any atom is -0.477 e. The second kappa shape index (κ2) is 4.12. The summed E-state index contributed by atoms with van der Waals surface area (Å²) in [6.07, 6.45) is 0.734. The van der Waals surface area contributed by atoms with Gasteiger partial charge in [-0.3, -0.25) is 0 Å². The minimum absolute atomic E-state index is 0.329. The van der Waals surface area contributed by atoms with E-state index in [9.17, 15) is 9.59 Å². The Balaban J connectivity index is 4.66. The van der Waals surface area contributed by atoms with Gasteiger partial charge in [0.2, 0.25) is 0 Å². The van der Waals surface area contributed by atoms with Crippen molar-refractivity contribution < 1.29 is 14.7 Å². The molecule has 0 amide bonds. The first-order valence-corrected chi connectivity index (χ1v) is 2.84. The van der Waals surface area contributed by atoms with E-state index in [1.54, 1.807) is 0 Å². The van der Waals surface area contributed by atoms with Gasteiger partial charge in [-0.1, -0.05) is 23.2 Å². The summed E-state index contributed by atoms with van der Waals surface area (Å²) in [5.41, 5.74) is 0. The molecule has 0 atom stereocenters. The lowest BCUT2D eigenvalue weighted by Gasteiger charge is -1.88. The molecule has 0 aliphatic rings. The van der Waals surface area contributed by atoms with Crippen molar-refractivity contribution in [3.05, 3.63) is 16.1 Å². The van der Waals surface area contributed by atoms with Gasteiger partial charge < -0.3 is 5.11 Å². The average molecular weight is 181 g/mol. The lowest BCUT2D eigenvalue weighted by atomic mass is 10.5. The van der Waals surface area contributed by atoms with Gasteiger partial charge in [-0.05, 0) is 0 Å². The Hall–Kier alpha value is -0.760. The molecule has 0 aromatic heterocycles. The average Bonchev–Trinajstić information content (AvgIpc) is 1.87. The number of aliphatic carboxylic acids is 1. The fourth-order valence-corrected chi connectivity index (χ4v) is 0.397. The second-order valence-electron chi connectivity index (χ2n) is 1.23. The lowest BCUT2D eigenvalue weighted by Crippen LogP contribution is -1.94. The van der Waals surface area contributed by atoms with Crippen molar-refractivity contribution in [2.24, 2.45) is 0 Å². The summed E-state index contributed by atoms with van der Waals surface area (Å²) in [7, 11) is 0. The van der Waals surface area contributed by atoms with Gasteiger partial charge in [-0.25, -0.2) is 9.59 Å². The Morgan fingerprint density at radius 2 is 2.00 bits per heavy atom. The van der Waals surface area contributed by atoms with Crippen LogP contribution in [0.3, 0.4) is 0 Å². The van der Waals surface area contributed by atoms with E-state index in [-0.39, 0.29) is 5.03 Å². The molecule has 3 nitrogen and oxygen atoms in total. The molecule has 0 spiro atoms. The molecule has 0 fully saturated rings. The molecule has 0 heterocycles. The molecule has 0 aliphatic heterocycles. The van der Waals surface area contributed by atoms with Gasteiger partial charge in [-0.15, -0.1) is 0 Å². The molecule has 1 N–H and O–H groups in total. The van der Waals surface area contributed by atoms with E-state index in [0.29, 0.717) is 0 Å². The van der Waals surface area contributed by atoms with Crippen LogP contribution < -0.4 is 0 Å². The first kappa shape index (κ1) is 9.24. The molecule has 0 radical (unpaired) electrons. The zero-order valence-corrected chi connectivity index (χ0v) is 6.11. The molecule has 54 valence electrons. The summed E-state index contributed by atoms with van der Waals surface area (Å²) >= 11 is 10.3. The molecule has 5 heteroatoms. The number of carbonyl (C=O) groups excluding carboxylic acids is 1. The molecule has 0 rings (SSSR count). The fraction of sp³-hybridized carbons (Fsp3) is 0. The number of halogens is 2. The maximum absolute atomic E-state index is 9.99. The normalized spacial score (nSPS) is 11.4. The Labute approximate surface area is 66.5 Å². The van der Waals surface area contributed by atoms with E-state index in [1.807, 2.05) is 0 Å². The van der Waals surface area contributed by atoms with E-state index in [2.05, 4.69) is 0 Å². The van der Waals surface area contributed by atoms with Crippen LogP contribution in [0.2, 0.25) is 0 Å². The number of rotatable bonds is 2. The van der Waals surface area contributed by atoms with Gasteiger partial charge >= 0.3 is 5.97 Å². The van der Waals surface area contributed by atoms with E-state index < -0.39 is 11.0 Å². The standard InChI is InChI=1S/C5H2Cl2O3/c6-3(1-2-8)4(7)5(9)10/h1H,(H,9,10). The van der Waals surface area contributed by atoms with Crippen molar-refractivity contribution in [2.45, 2.75) is 0 Å². The predicted octanol–water partition coefficient (Wildman–Crippen LogP) is 1.15. The van der Waals surface area contributed by atoms with Crippen molar-refractivity contribution in [2.75, 3.05) is 0 Å². The lowest BCUT2D eigenvalue weighted by molar-refractivity contribution is -0.131. The quantitative estimate of drug-likeness (QED) is 0.394. The van der Waals surface area contributed by atoms with Crippen LogP contribution in [0.5, 0.6) is 0 Å². The highest BCUT2D eigenvalue weighted by molar-refractivity contribution is 6.48. The monoisotopic (exact) mass is 180 g/mol. The molecular weight excluding hydrogens is 179 g/mol. The van der Waals surface area contributed by atoms with E-state index >= 15 is 0 Å². The molecule has 10 heavy (non-hydrogen) atoms. The third-order valence-electron chi connectivity index (χ3n) is 0.583. The number of hydrogen-bond acceptors (Lipinski definition) is 2. The van der Waals surface area contributed by atoms with E-state index in [1.165, 1.54) is 5.94 Å². The summed E-state index contributed by atoms with van der Waals surface area (Å²) in [5, 5.41) is 7.23. The van der Waals surface area contributed by atoms with Gasteiger partial charge in [0.15, 0.2) is 0 Å². The molecule has 0 bridgehead atoms. The highest BCUT2D eigenvalue weighted by Gasteiger charge is 2.06. The topological polar surface area (TPSA) is 54.4 Å². The van der Waals surface area contributed by atoms with Crippen LogP contribution in [-0.4, -0.2) is 17.0 Å². The number of carboxylic acid groups (broad SMARTS) is 1. The van der Waals surface area contributed by atoms with Crippen LogP contribution in [0.15, 0.2) is 16.1 Å². The predicted molar refractivity (Wildman–Crippen MR) is 36.6 cm³/mol. The minimum atomic E-state index is -1.38. The summed E-state index contributed by atoms with van der Waals surface area (Å²) in [6, 6.07) is 0. The van der Waals surface area contributed by atoms with Gasteiger partial charge in [0.25, 0.3) is 0 Å². The number of carbonyl (C=O) groups is 1. The van der Waals surface area contributed by atoms with Gasteiger partial charge in [0.1, 0.15) is 11.0 Å². The SMILES string of the molecule is O=C=CC(Cl)=C(Cl)C(=O)O. The highest BCUT2D eigenvalue weighted by atomic mass is 35.5. The van der Waals surface area contributed by atoms with Crippen LogP contribution in [0.4, 0.5) is 0 Å². The van der Waals surface area contributed by atoms with Crippen molar-refractivity contribution in [3.63, 3.8) is 0 Å². The summed E-state index contributed by atoms with van der Waals surface area (Å²) in [4.78, 5) is 19.6. The molecule has 0 aromatic rings. The number of allylic oxidation sites excluding steroid dienone is 2. The maximum Gasteiger partial charge on any atom is 0.348 e. The first-order valence-electron chi connectivity index (χ1n) is 2.09. The van der Waals surface area contributed by atoms with Gasteiger partial charge in [0.05, 0.1) is 5.03 Å². The summed E-state index contributed by atoms with van der Waals surface area (Å²) < 4.78 is 0. The van der Waals surface area contributed by atoms with Crippen LogP contribution in [0.1, 0.15) is 0 Å². The number of carboxylic acids is 1. The van der Waals surface area contributed by atoms with Crippen molar-refractivity contribution in [3.8, 4) is 0 Å². The smallest absolute Gasteiger partial charge is 0.348 e. The van der Waals surface area contributed by atoms with Crippen LogP contribution in [-0.2, 0) is 9.59 Å². The third kappa shape index (κ3) is 2.69. The molecular formula is C5H2Cl2O3. The largest absolute Gasteiger partial charge is 0.477 e. The van der Waals surface area contributed by atoms with Crippen LogP contribution in [0, 0.1) is 0 Å². The summed E-state index contributed by atoms with van der Waals surface area (Å²) in [6.45, 7) is 0. The molecule has 0 aromatic carbocycles. The third-order valence-corrected chi connectivity index (χ3v) is 1.34. The molecule has 0 unspecified atom stereocenters. The second-order valence-corrected chi connectivity index (χ2v) is 2.01. The van der Waals surface area contributed by atoms with Crippen molar-refractivity contribution >= 4 is 35.1 Å². The van der Waals surface area contributed by atoms with E-state index in [4.69, 9.17) is 28.3 Å².